The molecule has 0 aromatic heterocycles. The van der Waals surface area contributed by atoms with Crippen LogP contribution < -0.4 is 5.32 Å². The molecule has 1 aliphatic heterocycles. The van der Waals surface area contributed by atoms with Gasteiger partial charge in [0.25, 0.3) is 0 Å². The van der Waals surface area contributed by atoms with Crippen molar-refractivity contribution < 1.29 is 9.53 Å². The number of hydrogen-bond acceptors (Lipinski definition) is 2. The predicted molar refractivity (Wildman–Crippen MR) is 55.6 cm³/mol. The SMILES string of the molecule is O=C1NC(Cc2ccccc2)CO1.[LiH]. The summed E-state index contributed by atoms with van der Waals surface area (Å²) in [6.07, 6.45) is 0.535. The first-order valence-corrected chi connectivity index (χ1v) is 4.32. The molecule has 1 atom stereocenters. The second kappa shape index (κ2) is 5.09. The van der Waals surface area contributed by atoms with E-state index in [1.807, 2.05) is 30.3 Å². The molecule has 1 aliphatic rings. The molecule has 3 nitrogen and oxygen atoms in total. The fraction of sp³-hybridized carbons (Fsp3) is 0.300. The van der Waals surface area contributed by atoms with Gasteiger partial charge in [0.05, 0.1) is 6.04 Å². The van der Waals surface area contributed by atoms with E-state index in [9.17, 15) is 4.79 Å². The first-order valence-electron chi connectivity index (χ1n) is 4.32. The van der Waals surface area contributed by atoms with E-state index in [2.05, 4.69) is 5.32 Å². The van der Waals surface area contributed by atoms with Crippen LogP contribution in [0.4, 0.5) is 4.79 Å². The van der Waals surface area contributed by atoms with Crippen LogP contribution in [0, 0.1) is 0 Å². The Morgan fingerprint density at radius 3 is 2.64 bits per heavy atom. The monoisotopic (exact) mass is 185 g/mol. The van der Waals surface area contributed by atoms with Gasteiger partial charge < -0.3 is 10.1 Å². The van der Waals surface area contributed by atoms with E-state index in [-0.39, 0.29) is 31.0 Å². The number of alkyl carbamates (subject to hydrolysis) is 1. The third kappa shape index (κ3) is 2.80. The van der Waals surface area contributed by atoms with E-state index in [0.717, 1.165) is 6.42 Å². The number of cyclic esters (lactones) is 1. The average molecular weight is 185 g/mol. The number of benzene rings is 1. The number of rotatable bonds is 2. The zero-order chi connectivity index (χ0) is 9.10. The third-order valence-corrected chi connectivity index (χ3v) is 2.06. The molecule has 0 spiro atoms. The molecular formula is C10H12LiNO2. The molecule has 0 saturated carbocycles. The number of carbonyl (C=O) groups is 1. The van der Waals surface area contributed by atoms with Gasteiger partial charge in [0.15, 0.2) is 0 Å². The Kier molecular flexibility index (Phi) is 4.06. The van der Waals surface area contributed by atoms with Gasteiger partial charge in [0.1, 0.15) is 6.61 Å². The third-order valence-electron chi connectivity index (χ3n) is 2.06. The molecule has 0 radical (unpaired) electrons. The van der Waals surface area contributed by atoms with Crippen LogP contribution in [0.3, 0.4) is 0 Å². The maximum absolute atomic E-state index is 10.7. The van der Waals surface area contributed by atoms with E-state index in [1.165, 1.54) is 5.56 Å². The van der Waals surface area contributed by atoms with Gasteiger partial charge >= 0.3 is 25.0 Å². The van der Waals surface area contributed by atoms with Crippen molar-refractivity contribution in [1.82, 2.24) is 5.32 Å². The molecule has 1 unspecified atom stereocenters. The first kappa shape index (κ1) is 11.2. The predicted octanol–water partition coefficient (Wildman–Crippen LogP) is 0.689. The van der Waals surface area contributed by atoms with Crippen molar-refractivity contribution in [3.63, 3.8) is 0 Å². The van der Waals surface area contributed by atoms with Gasteiger partial charge in [-0.15, -0.1) is 0 Å². The van der Waals surface area contributed by atoms with Gasteiger partial charge in [0, 0.05) is 0 Å². The summed E-state index contributed by atoms with van der Waals surface area (Å²) in [5, 5.41) is 2.74. The van der Waals surface area contributed by atoms with Crippen molar-refractivity contribution in [2.45, 2.75) is 12.5 Å². The number of carbonyl (C=O) groups excluding carboxylic acids is 1. The summed E-state index contributed by atoms with van der Waals surface area (Å²) in [5.74, 6) is 0. The molecule has 1 saturated heterocycles. The minimum atomic E-state index is -0.305. The van der Waals surface area contributed by atoms with Crippen molar-refractivity contribution in [3.05, 3.63) is 35.9 Å². The minimum absolute atomic E-state index is 0. The van der Waals surface area contributed by atoms with Gasteiger partial charge in [0.2, 0.25) is 0 Å². The van der Waals surface area contributed by atoms with Crippen LogP contribution >= 0.6 is 0 Å². The quantitative estimate of drug-likeness (QED) is 0.688. The van der Waals surface area contributed by atoms with Crippen LogP contribution in [0.15, 0.2) is 30.3 Å². The van der Waals surface area contributed by atoms with Crippen LogP contribution in [0.5, 0.6) is 0 Å². The van der Waals surface area contributed by atoms with Gasteiger partial charge in [-0.25, -0.2) is 4.79 Å². The summed E-state index contributed by atoms with van der Waals surface area (Å²) >= 11 is 0. The molecule has 4 heteroatoms. The Morgan fingerprint density at radius 1 is 1.36 bits per heavy atom. The summed E-state index contributed by atoms with van der Waals surface area (Å²) in [5.41, 5.74) is 1.22. The molecular weight excluding hydrogens is 173 g/mol. The number of ether oxygens (including phenoxy) is 1. The molecule has 1 aromatic carbocycles. The molecule has 1 N–H and O–H groups in total. The topological polar surface area (TPSA) is 38.3 Å². The molecule has 14 heavy (non-hydrogen) atoms. The molecule has 0 bridgehead atoms. The standard InChI is InChI=1S/C10H11NO2.Li.H/c12-10-11-9(7-13-10)6-8-4-2-1-3-5-8;;/h1-5,9H,6-7H2,(H,11,12);;. The second-order valence-electron chi connectivity index (χ2n) is 3.13. The number of amides is 1. The zero-order valence-electron chi connectivity index (χ0n) is 7.19. The van der Waals surface area contributed by atoms with Gasteiger partial charge in [-0.05, 0) is 12.0 Å². The van der Waals surface area contributed by atoms with Crippen LogP contribution in [0.2, 0.25) is 0 Å². The molecule has 0 aliphatic carbocycles. The molecule has 1 aromatic rings. The van der Waals surface area contributed by atoms with E-state index in [1.54, 1.807) is 0 Å². The van der Waals surface area contributed by atoms with Crippen LogP contribution in [-0.2, 0) is 11.2 Å². The summed E-state index contributed by atoms with van der Waals surface area (Å²) in [7, 11) is 0. The summed E-state index contributed by atoms with van der Waals surface area (Å²) in [4.78, 5) is 10.7. The molecule has 1 amide bonds. The van der Waals surface area contributed by atoms with Gasteiger partial charge in [-0.1, -0.05) is 30.3 Å². The fourth-order valence-electron chi connectivity index (χ4n) is 1.43. The Labute approximate surface area is 95.0 Å². The Bertz CT molecular complexity index is 302. The van der Waals surface area contributed by atoms with E-state index < -0.39 is 0 Å². The van der Waals surface area contributed by atoms with Crippen molar-refractivity contribution in [1.29, 1.82) is 0 Å². The van der Waals surface area contributed by atoms with Crippen molar-refractivity contribution >= 4 is 25.0 Å². The molecule has 1 fully saturated rings. The van der Waals surface area contributed by atoms with E-state index in [4.69, 9.17) is 4.74 Å². The Balaban J connectivity index is 0.000000980. The first-order chi connectivity index (χ1) is 6.34. The van der Waals surface area contributed by atoms with Gasteiger partial charge in [-0.2, -0.15) is 0 Å². The van der Waals surface area contributed by atoms with Crippen LogP contribution in [0.25, 0.3) is 0 Å². The zero-order valence-corrected chi connectivity index (χ0v) is 7.19. The van der Waals surface area contributed by atoms with Gasteiger partial charge in [-0.3, -0.25) is 0 Å². The number of nitrogens with one attached hydrogen (secondary N) is 1. The van der Waals surface area contributed by atoms with E-state index >= 15 is 0 Å². The second-order valence-corrected chi connectivity index (χ2v) is 3.13. The normalized spacial score (nSPS) is 19.4. The fourth-order valence-corrected chi connectivity index (χ4v) is 1.43. The van der Waals surface area contributed by atoms with Crippen LogP contribution in [0.1, 0.15) is 5.56 Å². The van der Waals surface area contributed by atoms with E-state index in [0.29, 0.717) is 6.61 Å². The Hall–Kier alpha value is -0.913. The van der Waals surface area contributed by atoms with Crippen molar-refractivity contribution in [3.8, 4) is 0 Å². The summed E-state index contributed by atoms with van der Waals surface area (Å²) in [6.45, 7) is 0.480. The maximum atomic E-state index is 10.7. The Morgan fingerprint density at radius 2 is 2.07 bits per heavy atom. The molecule has 2 rings (SSSR count). The summed E-state index contributed by atoms with van der Waals surface area (Å²) in [6, 6.07) is 10.2. The average Bonchev–Trinajstić information content (AvgIpc) is 2.53. The molecule has 70 valence electrons. The van der Waals surface area contributed by atoms with Crippen molar-refractivity contribution in [2.24, 2.45) is 0 Å². The van der Waals surface area contributed by atoms with Crippen molar-refractivity contribution in [2.75, 3.05) is 6.61 Å². The molecule has 1 heterocycles. The number of hydrogen-bond donors (Lipinski definition) is 1. The van der Waals surface area contributed by atoms with Crippen LogP contribution in [-0.4, -0.2) is 37.6 Å². The summed E-state index contributed by atoms with van der Waals surface area (Å²) < 4.78 is 4.79.